The molecule has 0 aliphatic carbocycles. The van der Waals surface area contributed by atoms with Crippen molar-refractivity contribution < 1.29 is 19.0 Å². The predicted octanol–water partition coefficient (Wildman–Crippen LogP) is 5.52. The van der Waals surface area contributed by atoms with Gasteiger partial charge in [0.1, 0.15) is 23.7 Å². The van der Waals surface area contributed by atoms with E-state index >= 15 is 4.39 Å². The van der Waals surface area contributed by atoms with Crippen LogP contribution in [0.3, 0.4) is 0 Å². The molecule has 4 rings (SSSR count). The number of hydrogen-bond donors (Lipinski definition) is 2. The maximum atomic E-state index is 15.1. The Bertz CT molecular complexity index is 1330. The molecule has 0 aliphatic heterocycles. The molecule has 33 heavy (non-hydrogen) atoms. The van der Waals surface area contributed by atoms with Gasteiger partial charge in [-0.25, -0.2) is 19.2 Å². The number of carboxylic acid groups (broad SMARTS) is 1. The molecule has 0 unspecified atom stereocenters. The fourth-order valence-corrected chi connectivity index (χ4v) is 4.31. The number of aromatic nitrogens is 2. The molecular weight excluding hydrogens is 441 g/mol. The fourth-order valence-electron chi connectivity index (χ4n) is 3.69. The van der Waals surface area contributed by atoms with Crippen LogP contribution in [0.15, 0.2) is 65.8 Å². The number of ether oxygens (including phenoxy) is 1. The molecule has 0 bridgehead atoms. The smallest absolute Gasteiger partial charge is 0.336 e. The molecule has 1 heterocycles. The first-order valence-electron chi connectivity index (χ1n) is 10.2. The molecule has 0 radical (unpaired) electrons. The van der Waals surface area contributed by atoms with Gasteiger partial charge in [-0.05, 0) is 36.3 Å². The van der Waals surface area contributed by atoms with E-state index in [1.165, 1.54) is 25.2 Å². The number of carbonyl (C=O) groups is 1. The van der Waals surface area contributed by atoms with Gasteiger partial charge in [-0.2, -0.15) is 0 Å². The van der Waals surface area contributed by atoms with Gasteiger partial charge in [0.2, 0.25) is 0 Å². The van der Waals surface area contributed by atoms with Crippen LogP contribution in [-0.4, -0.2) is 41.0 Å². The van der Waals surface area contributed by atoms with Crippen molar-refractivity contribution in [2.75, 3.05) is 25.2 Å². The lowest BCUT2D eigenvalue weighted by atomic mass is 10.0. The third kappa shape index (κ3) is 4.75. The molecule has 3 aromatic carbocycles. The number of nitrogens with zero attached hydrogens (tertiary/aromatic N) is 2. The minimum atomic E-state index is -0.965. The van der Waals surface area contributed by atoms with Gasteiger partial charge in [0, 0.05) is 34.0 Å². The zero-order chi connectivity index (χ0) is 23.4. The molecule has 6 nitrogen and oxygen atoms in total. The summed E-state index contributed by atoms with van der Waals surface area (Å²) in [7, 11) is 1.54. The van der Waals surface area contributed by atoms with Gasteiger partial charge in [0.05, 0.1) is 18.4 Å². The molecule has 0 atom stereocenters. The second-order valence-corrected chi connectivity index (χ2v) is 8.13. The van der Waals surface area contributed by atoms with Gasteiger partial charge in [0.25, 0.3) is 0 Å². The summed E-state index contributed by atoms with van der Waals surface area (Å²) in [5.74, 6) is -0.141. The zero-order valence-corrected chi connectivity index (χ0v) is 18.9. The molecule has 0 saturated heterocycles. The van der Waals surface area contributed by atoms with Crippen molar-refractivity contribution in [3.05, 3.63) is 77.9 Å². The quantitative estimate of drug-likeness (QED) is 0.333. The van der Waals surface area contributed by atoms with E-state index in [4.69, 9.17) is 4.74 Å². The summed E-state index contributed by atoms with van der Waals surface area (Å²) in [5.41, 5.74) is 2.21. The van der Waals surface area contributed by atoms with Crippen molar-refractivity contribution in [3.63, 3.8) is 0 Å². The third-order valence-electron chi connectivity index (χ3n) is 5.34. The number of halogens is 1. The Hall–Kier alpha value is -3.65. The number of methoxy groups -OCH3 is 1. The second kappa shape index (κ2) is 9.87. The lowest BCUT2D eigenvalue weighted by Gasteiger charge is -2.13. The molecule has 2 N–H and O–H groups in total. The molecular formula is C25H22FN3O3S. The van der Waals surface area contributed by atoms with Crippen LogP contribution in [0, 0.1) is 5.82 Å². The van der Waals surface area contributed by atoms with Crippen LogP contribution in [0.5, 0.6) is 5.75 Å². The summed E-state index contributed by atoms with van der Waals surface area (Å²) in [4.78, 5) is 20.6. The Balaban J connectivity index is 1.53. The average molecular weight is 464 g/mol. The van der Waals surface area contributed by atoms with Crippen molar-refractivity contribution in [1.29, 1.82) is 0 Å². The van der Waals surface area contributed by atoms with E-state index in [2.05, 4.69) is 15.3 Å². The second-order valence-electron chi connectivity index (χ2n) is 7.28. The van der Waals surface area contributed by atoms with Crippen LogP contribution in [0.4, 0.5) is 10.2 Å². The molecule has 0 amide bonds. The molecule has 168 valence electrons. The lowest BCUT2D eigenvalue weighted by molar-refractivity contribution is 0.0693. The van der Waals surface area contributed by atoms with Gasteiger partial charge < -0.3 is 15.2 Å². The van der Waals surface area contributed by atoms with Crippen LogP contribution >= 0.6 is 11.8 Å². The van der Waals surface area contributed by atoms with Gasteiger partial charge in [-0.15, -0.1) is 11.8 Å². The van der Waals surface area contributed by atoms with Crippen LogP contribution in [0.1, 0.15) is 15.9 Å². The summed E-state index contributed by atoms with van der Waals surface area (Å²) in [6.45, 7) is 0.441. The van der Waals surface area contributed by atoms with Gasteiger partial charge >= 0.3 is 5.97 Å². The Morgan fingerprint density at radius 2 is 1.97 bits per heavy atom. The highest BCUT2D eigenvalue weighted by molar-refractivity contribution is 7.98. The summed E-state index contributed by atoms with van der Waals surface area (Å²) in [6.07, 6.45) is 3.68. The van der Waals surface area contributed by atoms with Crippen molar-refractivity contribution in [1.82, 2.24) is 9.97 Å². The average Bonchev–Trinajstić information content (AvgIpc) is 2.85. The monoisotopic (exact) mass is 463 g/mol. The number of aromatic carboxylic acids is 1. The van der Waals surface area contributed by atoms with Crippen LogP contribution in [-0.2, 0) is 6.42 Å². The first kappa shape index (κ1) is 22.5. The predicted molar refractivity (Wildman–Crippen MR) is 129 cm³/mol. The first-order chi connectivity index (χ1) is 16.0. The maximum Gasteiger partial charge on any atom is 0.336 e. The summed E-state index contributed by atoms with van der Waals surface area (Å²) < 4.78 is 20.5. The first-order valence-corrected chi connectivity index (χ1v) is 11.5. The molecule has 0 fully saturated rings. The fraction of sp³-hybridized carbons (Fsp3) is 0.160. The largest absolute Gasteiger partial charge is 0.496 e. The Morgan fingerprint density at radius 1 is 1.15 bits per heavy atom. The normalized spacial score (nSPS) is 10.9. The third-order valence-corrected chi connectivity index (χ3v) is 6.12. The zero-order valence-electron chi connectivity index (χ0n) is 18.1. The van der Waals surface area contributed by atoms with Crippen molar-refractivity contribution in [2.24, 2.45) is 0 Å². The van der Waals surface area contributed by atoms with E-state index in [0.717, 1.165) is 10.9 Å². The molecule has 4 aromatic rings. The van der Waals surface area contributed by atoms with E-state index in [1.807, 2.05) is 30.5 Å². The number of thioether (sulfide) groups is 1. The number of rotatable bonds is 8. The topological polar surface area (TPSA) is 84.3 Å². The summed E-state index contributed by atoms with van der Waals surface area (Å²) in [5, 5.41) is 13.9. The number of anilines is 1. The number of nitrogens with one attached hydrogen (secondary N) is 1. The van der Waals surface area contributed by atoms with Crippen molar-refractivity contribution >= 4 is 34.3 Å². The summed E-state index contributed by atoms with van der Waals surface area (Å²) in [6, 6.07) is 16.0. The number of benzene rings is 3. The van der Waals surface area contributed by atoms with Crippen LogP contribution < -0.4 is 10.1 Å². The van der Waals surface area contributed by atoms with Gasteiger partial charge in [0.15, 0.2) is 0 Å². The number of hydrogen-bond acceptors (Lipinski definition) is 6. The molecule has 0 spiro atoms. The van der Waals surface area contributed by atoms with Crippen molar-refractivity contribution in [3.8, 4) is 17.0 Å². The Morgan fingerprint density at radius 3 is 2.73 bits per heavy atom. The lowest BCUT2D eigenvalue weighted by Crippen LogP contribution is -2.09. The Kier molecular flexibility index (Phi) is 6.74. The minimum absolute atomic E-state index is 0.255. The van der Waals surface area contributed by atoms with E-state index in [-0.39, 0.29) is 11.4 Å². The summed E-state index contributed by atoms with van der Waals surface area (Å²) >= 11 is 1.37. The highest BCUT2D eigenvalue weighted by Crippen LogP contribution is 2.31. The van der Waals surface area contributed by atoms with Gasteiger partial charge in [-0.3, -0.25) is 0 Å². The van der Waals surface area contributed by atoms with Crippen molar-refractivity contribution in [2.45, 2.75) is 11.3 Å². The standard InChI is InChI=1S/C25H22FN3O3S/c1-32-21-11-15-5-3-4-6-17(15)24(26)18(21)9-10-27-23-13-20(28-14-29-23)16-7-8-19(25(30)31)22(12-16)33-2/h3-8,11-14H,9-10H2,1-2H3,(H,30,31)(H,27,28,29). The van der Waals surface area contributed by atoms with Gasteiger partial charge in [-0.1, -0.05) is 30.3 Å². The van der Waals surface area contributed by atoms with Crippen LogP contribution in [0.25, 0.3) is 22.0 Å². The minimum Gasteiger partial charge on any atom is -0.496 e. The number of fused-ring (bicyclic) bond motifs is 1. The molecule has 1 aromatic heterocycles. The maximum absolute atomic E-state index is 15.1. The van der Waals surface area contributed by atoms with Crippen LogP contribution in [0.2, 0.25) is 0 Å². The number of carboxylic acids is 1. The molecule has 0 saturated carbocycles. The van der Waals surface area contributed by atoms with E-state index in [9.17, 15) is 9.90 Å². The van der Waals surface area contributed by atoms with E-state index < -0.39 is 5.97 Å². The SMILES string of the molecule is COc1cc2ccccc2c(F)c1CCNc1cc(-c2ccc(C(=O)O)c(SC)c2)ncn1. The highest BCUT2D eigenvalue weighted by Gasteiger charge is 2.15. The Labute approximate surface area is 194 Å². The van der Waals surface area contributed by atoms with E-state index in [1.54, 1.807) is 30.3 Å². The highest BCUT2D eigenvalue weighted by atomic mass is 32.2. The van der Waals surface area contributed by atoms with E-state index in [0.29, 0.717) is 46.1 Å². The molecule has 0 aliphatic rings. The molecule has 8 heteroatoms.